The molecule has 0 saturated carbocycles. The Labute approximate surface area is 166 Å². The van der Waals surface area contributed by atoms with Gasteiger partial charge in [0.15, 0.2) is 6.04 Å². The van der Waals surface area contributed by atoms with Crippen LogP contribution in [0.25, 0.3) is 11.4 Å². The first kappa shape index (κ1) is 19.9. The van der Waals surface area contributed by atoms with Crippen LogP contribution in [0.4, 0.5) is 11.4 Å². The van der Waals surface area contributed by atoms with Crippen molar-refractivity contribution in [3.8, 4) is 17.1 Å². The number of amides is 1. The molecule has 3 rings (SSSR count). The fourth-order valence-electron chi connectivity index (χ4n) is 2.83. The molecule has 2 aromatic carbocycles. The average Bonchev–Trinajstić information content (AvgIpc) is 3.17. The van der Waals surface area contributed by atoms with Gasteiger partial charge in [-0.2, -0.15) is 4.80 Å². The van der Waals surface area contributed by atoms with Crippen molar-refractivity contribution in [3.05, 3.63) is 58.6 Å². The van der Waals surface area contributed by atoms with Crippen LogP contribution in [0.2, 0.25) is 0 Å². The normalized spacial score (nSPS) is 11.9. The van der Waals surface area contributed by atoms with Gasteiger partial charge in [-0.05, 0) is 17.2 Å². The predicted octanol–water partition coefficient (Wildman–Crippen LogP) is 3.09. The van der Waals surface area contributed by atoms with E-state index < -0.39 is 16.9 Å². The van der Waals surface area contributed by atoms with Crippen LogP contribution >= 0.6 is 0 Å². The number of aromatic nitrogens is 4. The topological polar surface area (TPSA) is 125 Å². The molecule has 1 amide bonds. The predicted molar refractivity (Wildman–Crippen MR) is 105 cm³/mol. The molecule has 0 aliphatic carbocycles. The van der Waals surface area contributed by atoms with Crippen LogP contribution in [0.3, 0.4) is 0 Å². The van der Waals surface area contributed by atoms with Gasteiger partial charge < -0.3 is 10.1 Å². The zero-order valence-electron chi connectivity index (χ0n) is 16.1. The summed E-state index contributed by atoms with van der Waals surface area (Å²) >= 11 is 0. The van der Waals surface area contributed by atoms with E-state index in [1.807, 2.05) is 44.2 Å². The number of carbonyl (C=O) groups is 1. The van der Waals surface area contributed by atoms with Crippen molar-refractivity contribution in [2.24, 2.45) is 5.92 Å². The zero-order valence-corrected chi connectivity index (χ0v) is 16.1. The van der Waals surface area contributed by atoms with Crippen LogP contribution in [-0.2, 0) is 4.79 Å². The molecule has 0 aliphatic rings. The third-order valence-electron chi connectivity index (χ3n) is 4.26. The lowest BCUT2D eigenvalue weighted by Crippen LogP contribution is -2.31. The van der Waals surface area contributed by atoms with E-state index in [1.54, 1.807) is 0 Å². The number of benzene rings is 2. The lowest BCUT2D eigenvalue weighted by Gasteiger charge is -2.19. The molecule has 1 atom stereocenters. The Kier molecular flexibility index (Phi) is 5.82. The maximum absolute atomic E-state index is 13.0. The van der Waals surface area contributed by atoms with Gasteiger partial charge in [-0.25, -0.2) is 0 Å². The number of nitrogens with one attached hydrogen (secondary N) is 1. The zero-order chi connectivity index (χ0) is 21.0. The Morgan fingerprint density at radius 3 is 2.55 bits per heavy atom. The van der Waals surface area contributed by atoms with Crippen molar-refractivity contribution >= 4 is 17.3 Å². The highest BCUT2D eigenvalue weighted by molar-refractivity contribution is 5.95. The number of nitro benzene ring substituents is 1. The summed E-state index contributed by atoms with van der Waals surface area (Å²) in [6.07, 6.45) is 0. The maximum atomic E-state index is 13.0. The Hall–Kier alpha value is -3.82. The summed E-state index contributed by atoms with van der Waals surface area (Å²) in [6.45, 7) is 3.70. The third kappa shape index (κ3) is 4.37. The van der Waals surface area contributed by atoms with E-state index in [2.05, 4.69) is 20.7 Å². The quantitative estimate of drug-likeness (QED) is 0.480. The first-order valence-electron chi connectivity index (χ1n) is 8.89. The fourth-order valence-corrected chi connectivity index (χ4v) is 2.83. The van der Waals surface area contributed by atoms with Crippen molar-refractivity contribution in [2.75, 3.05) is 12.4 Å². The molecule has 1 heterocycles. The van der Waals surface area contributed by atoms with Crippen LogP contribution in [0, 0.1) is 16.0 Å². The molecule has 3 aromatic rings. The molecule has 150 valence electrons. The summed E-state index contributed by atoms with van der Waals surface area (Å²) in [5.41, 5.74) is 0.815. The van der Waals surface area contributed by atoms with Gasteiger partial charge in [0.25, 0.3) is 11.6 Å². The van der Waals surface area contributed by atoms with Crippen LogP contribution in [0.15, 0.2) is 48.5 Å². The number of tetrazole rings is 1. The van der Waals surface area contributed by atoms with Crippen molar-refractivity contribution in [1.29, 1.82) is 0 Å². The molecule has 0 bridgehead atoms. The van der Waals surface area contributed by atoms with Gasteiger partial charge >= 0.3 is 0 Å². The van der Waals surface area contributed by atoms with E-state index in [-0.39, 0.29) is 17.3 Å². The van der Waals surface area contributed by atoms with E-state index in [4.69, 9.17) is 4.74 Å². The first-order valence-corrected chi connectivity index (χ1v) is 8.89. The molecule has 1 N–H and O–H groups in total. The van der Waals surface area contributed by atoms with Crippen molar-refractivity contribution in [1.82, 2.24) is 20.2 Å². The molecular formula is C19H20N6O4. The number of nitro groups is 1. The fraction of sp³-hybridized carbons (Fsp3) is 0.263. The Bertz CT molecular complexity index is 1020. The van der Waals surface area contributed by atoms with Gasteiger partial charge in [0.05, 0.1) is 17.7 Å². The van der Waals surface area contributed by atoms with Crippen molar-refractivity contribution < 1.29 is 14.5 Å². The van der Waals surface area contributed by atoms with Crippen LogP contribution < -0.4 is 10.1 Å². The molecule has 0 spiro atoms. The number of hydrogen-bond acceptors (Lipinski definition) is 7. The minimum absolute atomic E-state index is 0.160. The first-order chi connectivity index (χ1) is 13.9. The third-order valence-corrected chi connectivity index (χ3v) is 4.26. The second-order valence-corrected chi connectivity index (χ2v) is 6.62. The van der Waals surface area contributed by atoms with Crippen LogP contribution in [0.1, 0.15) is 19.9 Å². The largest absolute Gasteiger partial charge is 0.495 e. The minimum atomic E-state index is -0.774. The van der Waals surface area contributed by atoms with E-state index in [0.717, 1.165) is 5.56 Å². The standard InChI is InChI=1S/C19H20N6O4/c1-12(2)17(24-22-18(21-23-24)13-7-5-4-6-8-13)19(26)20-15-11-14(25(27)28)9-10-16(15)29-3/h4-12,17H,1-3H3,(H,20,26)/t17-/m1/s1. The smallest absolute Gasteiger partial charge is 0.271 e. The lowest BCUT2D eigenvalue weighted by molar-refractivity contribution is -0.384. The van der Waals surface area contributed by atoms with Crippen molar-refractivity contribution in [2.45, 2.75) is 19.9 Å². The monoisotopic (exact) mass is 396 g/mol. The number of non-ortho nitro benzene ring substituents is 1. The number of nitrogens with zero attached hydrogens (tertiary/aromatic N) is 5. The van der Waals surface area contributed by atoms with Crippen molar-refractivity contribution in [3.63, 3.8) is 0 Å². The molecule has 0 radical (unpaired) electrons. The molecule has 0 fully saturated rings. The number of methoxy groups -OCH3 is 1. The Morgan fingerprint density at radius 2 is 1.93 bits per heavy atom. The molecule has 10 heteroatoms. The Morgan fingerprint density at radius 1 is 1.21 bits per heavy atom. The molecule has 0 unspecified atom stereocenters. The summed E-state index contributed by atoms with van der Waals surface area (Å²) in [5, 5.41) is 26.2. The van der Waals surface area contributed by atoms with Crippen LogP contribution in [0.5, 0.6) is 5.75 Å². The van der Waals surface area contributed by atoms with Gasteiger partial charge in [-0.3, -0.25) is 14.9 Å². The lowest BCUT2D eigenvalue weighted by atomic mass is 10.0. The second kappa shape index (κ2) is 8.46. The van der Waals surface area contributed by atoms with Gasteiger partial charge in [0.2, 0.25) is 5.82 Å². The second-order valence-electron chi connectivity index (χ2n) is 6.62. The summed E-state index contributed by atoms with van der Waals surface area (Å²) in [5.74, 6) is 0.105. The number of hydrogen-bond donors (Lipinski definition) is 1. The highest BCUT2D eigenvalue weighted by atomic mass is 16.6. The molecule has 0 saturated heterocycles. The molecule has 29 heavy (non-hydrogen) atoms. The van der Waals surface area contributed by atoms with Gasteiger partial charge in [-0.15, -0.1) is 10.2 Å². The molecular weight excluding hydrogens is 376 g/mol. The van der Waals surface area contributed by atoms with E-state index in [0.29, 0.717) is 11.6 Å². The summed E-state index contributed by atoms with van der Waals surface area (Å²) in [7, 11) is 1.42. The molecule has 0 aliphatic heterocycles. The summed E-state index contributed by atoms with van der Waals surface area (Å²) in [4.78, 5) is 24.8. The highest BCUT2D eigenvalue weighted by Gasteiger charge is 2.28. The van der Waals surface area contributed by atoms with Gasteiger partial charge in [-0.1, -0.05) is 44.2 Å². The average molecular weight is 396 g/mol. The number of carbonyl (C=O) groups excluding carboxylic acids is 1. The summed E-state index contributed by atoms with van der Waals surface area (Å²) < 4.78 is 5.20. The van der Waals surface area contributed by atoms with Gasteiger partial charge in [0.1, 0.15) is 5.75 Å². The highest BCUT2D eigenvalue weighted by Crippen LogP contribution is 2.30. The molecule has 1 aromatic heterocycles. The van der Waals surface area contributed by atoms with Crippen LogP contribution in [-0.4, -0.2) is 38.1 Å². The van der Waals surface area contributed by atoms with E-state index >= 15 is 0 Å². The molecule has 10 nitrogen and oxygen atoms in total. The van der Waals surface area contributed by atoms with E-state index in [1.165, 1.54) is 30.1 Å². The maximum Gasteiger partial charge on any atom is 0.271 e. The SMILES string of the molecule is COc1ccc([N+](=O)[O-])cc1NC(=O)[C@@H](C(C)C)n1nnc(-c2ccccc2)n1. The Balaban J connectivity index is 1.89. The summed E-state index contributed by atoms with van der Waals surface area (Å²) in [6, 6.07) is 12.5. The number of rotatable bonds is 7. The van der Waals surface area contributed by atoms with Gasteiger partial charge in [0, 0.05) is 17.7 Å². The number of anilines is 1. The number of ether oxygens (including phenoxy) is 1. The minimum Gasteiger partial charge on any atom is -0.495 e. The van der Waals surface area contributed by atoms with E-state index in [9.17, 15) is 14.9 Å².